The van der Waals surface area contributed by atoms with E-state index >= 15 is 0 Å². The second kappa shape index (κ2) is 8.34. The summed E-state index contributed by atoms with van der Waals surface area (Å²) < 4.78 is 0. The number of terminal acetylenes is 2. The maximum atomic E-state index is 12.2. The average molecular weight is 360 g/mol. The highest BCUT2D eigenvalue weighted by molar-refractivity contribution is 5.86. The van der Waals surface area contributed by atoms with E-state index in [1.54, 1.807) is 6.92 Å². The highest BCUT2D eigenvalue weighted by Crippen LogP contribution is 2.34. The van der Waals surface area contributed by atoms with Crippen molar-refractivity contribution in [3.8, 4) is 24.7 Å². The van der Waals surface area contributed by atoms with Gasteiger partial charge in [-0.05, 0) is 42.3 Å². The Balaban J connectivity index is 2.39. The lowest BCUT2D eigenvalue weighted by Crippen LogP contribution is -2.33. The van der Waals surface area contributed by atoms with Gasteiger partial charge in [-0.3, -0.25) is 4.79 Å². The maximum absolute atomic E-state index is 12.2. The molecule has 1 N–H and O–H groups in total. The van der Waals surface area contributed by atoms with Crippen molar-refractivity contribution in [2.24, 2.45) is 0 Å². The lowest BCUT2D eigenvalue weighted by atomic mass is 9.76. The monoisotopic (exact) mass is 360 g/mol. The van der Waals surface area contributed by atoms with Gasteiger partial charge < -0.3 is 14.9 Å². The van der Waals surface area contributed by atoms with E-state index in [2.05, 4.69) is 11.8 Å². The minimum atomic E-state index is -1.16. The molecule has 27 heavy (non-hydrogen) atoms. The number of carboxylic acids is 1. The summed E-state index contributed by atoms with van der Waals surface area (Å²) in [7, 11) is 3.80. The number of hydrogen-bond donors (Lipinski definition) is 1. The van der Waals surface area contributed by atoms with Crippen molar-refractivity contribution in [2.45, 2.75) is 12.3 Å². The quantitative estimate of drug-likeness (QED) is 0.770. The van der Waals surface area contributed by atoms with E-state index in [4.69, 9.17) is 12.8 Å². The molecule has 2 rings (SSSR count). The van der Waals surface area contributed by atoms with Crippen molar-refractivity contribution in [3.63, 3.8) is 0 Å². The standard InChI is InChI=1S/C23H24N2O2/c1-6-16-24(4)20-12-8-18(9-13-20)23(3,22(26)27)19-10-14-21(15-11-19)25(5)17-7-2/h1-2,8-15H,16-17H2,3-5H3,(H,26,27). The molecule has 0 bridgehead atoms. The summed E-state index contributed by atoms with van der Waals surface area (Å²) in [5, 5.41) is 9.99. The molecule has 0 amide bonds. The molecule has 0 heterocycles. The van der Waals surface area contributed by atoms with E-state index in [-0.39, 0.29) is 0 Å². The normalized spacial score (nSPS) is 10.6. The van der Waals surface area contributed by atoms with Gasteiger partial charge in [0.15, 0.2) is 0 Å². The molecule has 4 nitrogen and oxygen atoms in total. The van der Waals surface area contributed by atoms with Gasteiger partial charge in [0.1, 0.15) is 5.41 Å². The van der Waals surface area contributed by atoms with Gasteiger partial charge in [0.05, 0.1) is 13.1 Å². The predicted molar refractivity (Wildman–Crippen MR) is 111 cm³/mol. The third kappa shape index (κ3) is 4.07. The number of rotatable bonds is 7. The van der Waals surface area contributed by atoms with Gasteiger partial charge in [-0.15, -0.1) is 12.8 Å². The number of hydrogen-bond acceptors (Lipinski definition) is 3. The molecule has 138 valence electrons. The van der Waals surface area contributed by atoms with Gasteiger partial charge in [-0.2, -0.15) is 0 Å². The van der Waals surface area contributed by atoms with Crippen molar-refractivity contribution in [2.75, 3.05) is 37.0 Å². The van der Waals surface area contributed by atoms with Gasteiger partial charge in [0.25, 0.3) is 0 Å². The molecule has 0 fully saturated rings. The van der Waals surface area contributed by atoms with E-state index in [1.807, 2.05) is 72.4 Å². The molecular formula is C23H24N2O2. The first-order valence-corrected chi connectivity index (χ1v) is 8.58. The van der Waals surface area contributed by atoms with Crippen LogP contribution in [0.5, 0.6) is 0 Å². The third-order valence-electron chi connectivity index (χ3n) is 4.86. The molecule has 2 aromatic carbocycles. The van der Waals surface area contributed by atoms with Crippen LogP contribution in [0.2, 0.25) is 0 Å². The first kappa shape index (κ1) is 19.9. The Labute approximate surface area is 161 Å². The van der Waals surface area contributed by atoms with Crippen LogP contribution in [0.15, 0.2) is 48.5 Å². The Hall–Kier alpha value is -3.37. The number of nitrogens with zero attached hydrogens (tertiary/aromatic N) is 2. The van der Waals surface area contributed by atoms with Crippen molar-refractivity contribution >= 4 is 17.3 Å². The fourth-order valence-electron chi connectivity index (χ4n) is 2.97. The van der Waals surface area contributed by atoms with E-state index in [0.717, 1.165) is 11.4 Å². The second-order valence-electron chi connectivity index (χ2n) is 6.64. The van der Waals surface area contributed by atoms with E-state index in [9.17, 15) is 9.90 Å². The molecule has 0 aliphatic heterocycles. The molecule has 0 aliphatic rings. The van der Waals surface area contributed by atoms with Gasteiger partial charge >= 0.3 is 5.97 Å². The fourth-order valence-corrected chi connectivity index (χ4v) is 2.97. The minimum absolute atomic E-state index is 0.488. The maximum Gasteiger partial charge on any atom is 0.318 e. The van der Waals surface area contributed by atoms with E-state index in [0.29, 0.717) is 24.2 Å². The predicted octanol–water partition coefficient (Wildman–Crippen LogP) is 3.22. The number of anilines is 2. The van der Waals surface area contributed by atoms with E-state index in [1.165, 1.54) is 0 Å². The van der Waals surface area contributed by atoms with Crippen molar-refractivity contribution in [1.82, 2.24) is 0 Å². The highest BCUT2D eigenvalue weighted by Gasteiger charge is 2.37. The zero-order valence-electron chi connectivity index (χ0n) is 15.9. The highest BCUT2D eigenvalue weighted by atomic mass is 16.4. The summed E-state index contributed by atoms with van der Waals surface area (Å²) in [5.41, 5.74) is 2.13. The fraction of sp³-hybridized carbons (Fsp3) is 0.261. The molecule has 0 atom stereocenters. The number of carboxylic acid groups (broad SMARTS) is 1. The van der Waals surface area contributed by atoms with Crippen LogP contribution in [0.1, 0.15) is 18.1 Å². The van der Waals surface area contributed by atoms with Crippen molar-refractivity contribution < 1.29 is 9.90 Å². The van der Waals surface area contributed by atoms with Crippen molar-refractivity contribution in [3.05, 3.63) is 59.7 Å². The number of carbonyl (C=O) groups is 1. The summed E-state index contributed by atoms with van der Waals surface area (Å²) in [6.45, 7) is 2.69. The smallest absolute Gasteiger partial charge is 0.318 e. The average Bonchev–Trinajstić information content (AvgIpc) is 2.68. The van der Waals surface area contributed by atoms with Crippen LogP contribution in [0.4, 0.5) is 11.4 Å². The van der Waals surface area contributed by atoms with Crippen molar-refractivity contribution in [1.29, 1.82) is 0 Å². The summed E-state index contributed by atoms with van der Waals surface area (Å²) in [4.78, 5) is 16.0. The largest absolute Gasteiger partial charge is 0.480 e. The molecule has 0 spiro atoms. The topological polar surface area (TPSA) is 43.8 Å². The Morgan fingerprint density at radius 2 is 1.22 bits per heavy atom. The molecule has 0 unspecified atom stereocenters. The molecule has 0 saturated heterocycles. The van der Waals surface area contributed by atoms with Crippen LogP contribution in [0.3, 0.4) is 0 Å². The third-order valence-corrected chi connectivity index (χ3v) is 4.86. The first-order chi connectivity index (χ1) is 12.8. The van der Waals surface area contributed by atoms with Gasteiger partial charge in [-0.1, -0.05) is 36.1 Å². The molecular weight excluding hydrogens is 336 g/mol. The van der Waals surface area contributed by atoms with Crippen LogP contribution in [0, 0.1) is 24.7 Å². The van der Waals surface area contributed by atoms with E-state index < -0.39 is 11.4 Å². The Bertz CT molecular complexity index is 805. The van der Waals surface area contributed by atoms with Gasteiger partial charge in [-0.25, -0.2) is 0 Å². The zero-order valence-corrected chi connectivity index (χ0v) is 15.9. The zero-order chi connectivity index (χ0) is 20.0. The summed E-state index contributed by atoms with van der Waals surface area (Å²) in [5.74, 6) is 4.28. The number of aliphatic carboxylic acids is 1. The lowest BCUT2D eigenvalue weighted by molar-refractivity contribution is -0.141. The van der Waals surface area contributed by atoms with Crippen LogP contribution >= 0.6 is 0 Å². The van der Waals surface area contributed by atoms with Crippen LogP contribution in [-0.2, 0) is 10.2 Å². The lowest BCUT2D eigenvalue weighted by Gasteiger charge is -2.28. The van der Waals surface area contributed by atoms with Gasteiger partial charge in [0, 0.05) is 25.5 Å². The Morgan fingerprint density at radius 3 is 1.48 bits per heavy atom. The first-order valence-electron chi connectivity index (χ1n) is 8.58. The van der Waals surface area contributed by atoms with Crippen LogP contribution in [-0.4, -0.2) is 38.3 Å². The van der Waals surface area contributed by atoms with Crippen LogP contribution < -0.4 is 9.80 Å². The van der Waals surface area contributed by atoms with Gasteiger partial charge in [0.2, 0.25) is 0 Å². The Morgan fingerprint density at radius 1 is 0.889 bits per heavy atom. The summed E-state index contributed by atoms with van der Waals surface area (Å²) in [6.07, 6.45) is 10.7. The summed E-state index contributed by atoms with van der Waals surface area (Å²) >= 11 is 0. The molecule has 0 radical (unpaired) electrons. The molecule has 0 aromatic heterocycles. The summed E-state index contributed by atoms with van der Waals surface area (Å²) in [6, 6.07) is 14.9. The number of benzene rings is 2. The van der Waals surface area contributed by atoms with Crippen LogP contribution in [0.25, 0.3) is 0 Å². The molecule has 2 aromatic rings. The minimum Gasteiger partial charge on any atom is -0.480 e. The Kier molecular flexibility index (Phi) is 6.16. The molecule has 0 saturated carbocycles. The molecule has 4 heteroatoms. The molecule has 0 aliphatic carbocycles. The second-order valence-corrected chi connectivity index (χ2v) is 6.64. The SMILES string of the molecule is C#CCN(C)c1ccc(C(C)(C(=O)O)c2ccc(N(C)CC#C)cc2)cc1.